The summed E-state index contributed by atoms with van der Waals surface area (Å²) in [6.45, 7) is 6.86. The molecule has 1 aliphatic heterocycles. The molecule has 2 fully saturated rings. The number of nitrogens with one attached hydrogen (secondary N) is 1. The quantitative estimate of drug-likeness (QED) is 0.812. The fourth-order valence-corrected chi connectivity index (χ4v) is 3.36. The van der Waals surface area contributed by atoms with Crippen molar-refractivity contribution in [1.82, 2.24) is 5.32 Å². The molecule has 1 heterocycles. The number of hydrogen-bond donors (Lipinski definition) is 1. The maximum Gasteiger partial charge on any atom is 0.0587 e. The Kier molecular flexibility index (Phi) is 5.30. The van der Waals surface area contributed by atoms with E-state index in [1.165, 1.54) is 45.1 Å². The standard InChI is InChI=1S/C15H29NO/c1-3-15-10-14(8-9-17-15)16-11-13-7-5-4-6-12(13)2/h12-16H,3-11H2,1-2H3. The number of ether oxygens (including phenoxy) is 1. The second-order valence-corrected chi connectivity index (χ2v) is 6.05. The molecular weight excluding hydrogens is 210 g/mol. The highest BCUT2D eigenvalue weighted by Gasteiger charge is 2.24. The van der Waals surface area contributed by atoms with Crippen LogP contribution >= 0.6 is 0 Å². The molecule has 2 nitrogen and oxygen atoms in total. The van der Waals surface area contributed by atoms with E-state index in [1.54, 1.807) is 0 Å². The summed E-state index contributed by atoms with van der Waals surface area (Å²) in [6, 6.07) is 0.711. The lowest BCUT2D eigenvalue weighted by Gasteiger charge is -2.33. The van der Waals surface area contributed by atoms with Gasteiger partial charge in [0.05, 0.1) is 6.10 Å². The molecule has 1 N–H and O–H groups in total. The number of hydrogen-bond acceptors (Lipinski definition) is 2. The van der Waals surface area contributed by atoms with Crippen LogP contribution in [-0.4, -0.2) is 25.3 Å². The zero-order valence-electron chi connectivity index (χ0n) is 11.6. The highest BCUT2D eigenvalue weighted by molar-refractivity contribution is 4.80. The first-order chi connectivity index (χ1) is 8.29. The monoisotopic (exact) mass is 239 g/mol. The van der Waals surface area contributed by atoms with Crippen molar-refractivity contribution in [3.63, 3.8) is 0 Å². The van der Waals surface area contributed by atoms with Gasteiger partial charge in [-0.1, -0.05) is 33.1 Å². The van der Waals surface area contributed by atoms with Crippen molar-refractivity contribution in [3.05, 3.63) is 0 Å². The van der Waals surface area contributed by atoms with E-state index in [0.29, 0.717) is 12.1 Å². The Balaban J connectivity index is 1.69. The van der Waals surface area contributed by atoms with E-state index in [0.717, 1.165) is 24.9 Å². The van der Waals surface area contributed by atoms with Crippen molar-refractivity contribution in [2.75, 3.05) is 13.2 Å². The largest absolute Gasteiger partial charge is 0.378 e. The van der Waals surface area contributed by atoms with Crippen LogP contribution in [0, 0.1) is 11.8 Å². The van der Waals surface area contributed by atoms with Crippen LogP contribution in [0.3, 0.4) is 0 Å². The molecule has 1 saturated carbocycles. The third kappa shape index (κ3) is 3.96. The summed E-state index contributed by atoms with van der Waals surface area (Å²) >= 11 is 0. The van der Waals surface area contributed by atoms with Crippen molar-refractivity contribution < 1.29 is 4.74 Å². The molecule has 0 bridgehead atoms. The van der Waals surface area contributed by atoms with Gasteiger partial charge in [-0.2, -0.15) is 0 Å². The lowest BCUT2D eigenvalue weighted by atomic mass is 9.80. The van der Waals surface area contributed by atoms with E-state index in [2.05, 4.69) is 19.2 Å². The summed E-state index contributed by atoms with van der Waals surface area (Å²) < 4.78 is 5.73. The van der Waals surface area contributed by atoms with Gasteiger partial charge >= 0.3 is 0 Å². The normalized spacial score (nSPS) is 39.2. The zero-order chi connectivity index (χ0) is 12.1. The van der Waals surface area contributed by atoms with E-state index in [9.17, 15) is 0 Å². The molecule has 0 aromatic carbocycles. The van der Waals surface area contributed by atoms with Gasteiger partial charge in [-0.05, 0) is 44.1 Å². The third-order valence-corrected chi connectivity index (χ3v) is 4.78. The molecule has 100 valence electrons. The smallest absolute Gasteiger partial charge is 0.0587 e. The highest BCUT2D eigenvalue weighted by Crippen LogP contribution is 2.29. The van der Waals surface area contributed by atoms with Crippen LogP contribution in [-0.2, 0) is 4.74 Å². The molecule has 2 aliphatic rings. The molecule has 0 aromatic rings. The predicted molar refractivity (Wildman–Crippen MR) is 72.2 cm³/mol. The molecule has 0 amide bonds. The SMILES string of the molecule is CCC1CC(NCC2CCCCC2C)CCO1. The highest BCUT2D eigenvalue weighted by atomic mass is 16.5. The average molecular weight is 239 g/mol. The predicted octanol–water partition coefficient (Wildman–Crippen LogP) is 3.36. The van der Waals surface area contributed by atoms with E-state index < -0.39 is 0 Å². The Labute approximate surface area is 107 Å². The van der Waals surface area contributed by atoms with Gasteiger partial charge in [0, 0.05) is 12.6 Å². The molecule has 0 aromatic heterocycles. The summed E-state index contributed by atoms with van der Waals surface area (Å²) in [5, 5.41) is 3.81. The molecule has 1 saturated heterocycles. The van der Waals surface area contributed by atoms with Crippen LogP contribution in [0.1, 0.15) is 58.8 Å². The summed E-state index contributed by atoms with van der Waals surface area (Å²) in [5.41, 5.74) is 0. The van der Waals surface area contributed by atoms with Crippen LogP contribution in [0.4, 0.5) is 0 Å². The van der Waals surface area contributed by atoms with Crippen molar-refractivity contribution in [2.45, 2.75) is 70.9 Å². The lowest BCUT2D eigenvalue weighted by Crippen LogP contribution is -2.42. The Morgan fingerprint density at radius 1 is 1.18 bits per heavy atom. The lowest BCUT2D eigenvalue weighted by molar-refractivity contribution is -0.00125. The van der Waals surface area contributed by atoms with Gasteiger partial charge in [0.25, 0.3) is 0 Å². The average Bonchev–Trinajstić information content (AvgIpc) is 2.38. The Morgan fingerprint density at radius 2 is 2.00 bits per heavy atom. The van der Waals surface area contributed by atoms with Crippen LogP contribution in [0.2, 0.25) is 0 Å². The minimum atomic E-state index is 0.505. The maximum atomic E-state index is 5.73. The van der Waals surface area contributed by atoms with Gasteiger partial charge in [-0.25, -0.2) is 0 Å². The first-order valence-corrected chi connectivity index (χ1v) is 7.64. The minimum absolute atomic E-state index is 0.505. The molecular formula is C15H29NO. The Morgan fingerprint density at radius 3 is 2.76 bits per heavy atom. The molecule has 0 spiro atoms. The van der Waals surface area contributed by atoms with Gasteiger partial charge in [0.1, 0.15) is 0 Å². The van der Waals surface area contributed by atoms with E-state index in [1.807, 2.05) is 0 Å². The van der Waals surface area contributed by atoms with Gasteiger partial charge in [0.2, 0.25) is 0 Å². The second kappa shape index (κ2) is 6.75. The molecule has 2 heteroatoms. The van der Waals surface area contributed by atoms with E-state index in [4.69, 9.17) is 4.74 Å². The maximum absolute atomic E-state index is 5.73. The second-order valence-electron chi connectivity index (χ2n) is 6.05. The fourth-order valence-electron chi connectivity index (χ4n) is 3.36. The van der Waals surface area contributed by atoms with E-state index >= 15 is 0 Å². The topological polar surface area (TPSA) is 21.3 Å². The summed E-state index contributed by atoms with van der Waals surface area (Å²) in [6.07, 6.45) is 9.87. The Bertz CT molecular complexity index is 219. The van der Waals surface area contributed by atoms with Crippen molar-refractivity contribution >= 4 is 0 Å². The van der Waals surface area contributed by atoms with Gasteiger partial charge in [-0.15, -0.1) is 0 Å². The molecule has 4 unspecified atom stereocenters. The van der Waals surface area contributed by atoms with Crippen molar-refractivity contribution in [2.24, 2.45) is 11.8 Å². The summed E-state index contributed by atoms with van der Waals surface area (Å²) in [5.74, 6) is 1.85. The fraction of sp³-hybridized carbons (Fsp3) is 1.00. The summed E-state index contributed by atoms with van der Waals surface area (Å²) in [4.78, 5) is 0. The van der Waals surface area contributed by atoms with Gasteiger partial charge in [0.15, 0.2) is 0 Å². The van der Waals surface area contributed by atoms with Crippen LogP contribution < -0.4 is 5.32 Å². The van der Waals surface area contributed by atoms with Gasteiger partial charge < -0.3 is 10.1 Å². The van der Waals surface area contributed by atoms with Crippen LogP contribution in [0.15, 0.2) is 0 Å². The van der Waals surface area contributed by atoms with Crippen molar-refractivity contribution in [1.29, 1.82) is 0 Å². The molecule has 2 rings (SSSR count). The summed E-state index contributed by atoms with van der Waals surface area (Å²) in [7, 11) is 0. The first kappa shape index (κ1) is 13.4. The first-order valence-electron chi connectivity index (χ1n) is 7.64. The van der Waals surface area contributed by atoms with Crippen LogP contribution in [0.25, 0.3) is 0 Å². The third-order valence-electron chi connectivity index (χ3n) is 4.78. The molecule has 17 heavy (non-hydrogen) atoms. The molecule has 0 radical (unpaired) electrons. The van der Waals surface area contributed by atoms with Crippen molar-refractivity contribution in [3.8, 4) is 0 Å². The molecule has 4 atom stereocenters. The zero-order valence-corrected chi connectivity index (χ0v) is 11.6. The number of rotatable bonds is 4. The van der Waals surface area contributed by atoms with Gasteiger partial charge in [-0.3, -0.25) is 0 Å². The Hall–Kier alpha value is -0.0800. The minimum Gasteiger partial charge on any atom is -0.378 e. The van der Waals surface area contributed by atoms with Crippen LogP contribution in [0.5, 0.6) is 0 Å². The van der Waals surface area contributed by atoms with E-state index in [-0.39, 0.29) is 0 Å². The molecule has 1 aliphatic carbocycles.